The van der Waals surface area contributed by atoms with Crippen molar-refractivity contribution in [1.82, 2.24) is 15.5 Å². The van der Waals surface area contributed by atoms with E-state index in [1.54, 1.807) is 0 Å². The molecule has 0 spiro atoms. The first-order valence-corrected chi connectivity index (χ1v) is 8.90. The smallest absolute Gasteiger partial charge is 0.319 e. The number of nitrogens with two attached hydrogens (primary N) is 1. The second-order valence-corrected chi connectivity index (χ2v) is 7.08. The van der Waals surface area contributed by atoms with E-state index in [2.05, 4.69) is 34.7 Å². The monoisotopic (exact) mass is 354 g/mol. The van der Waals surface area contributed by atoms with Crippen LogP contribution in [0.15, 0.2) is 36.4 Å². The molecule has 1 aliphatic heterocycles. The van der Waals surface area contributed by atoms with Crippen molar-refractivity contribution < 1.29 is 4.79 Å². The van der Waals surface area contributed by atoms with Crippen LogP contribution in [0.4, 0.5) is 16.3 Å². The van der Waals surface area contributed by atoms with Gasteiger partial charge in [-0.25, -0.2) is 4.79 Å². The van der Waals surface area contributed by atoms with Crippen LogP contribution < -0.4 is 21.3 Å². The van der Waals surface area contributed by atoms with Gasteiger partial charge in [-0.2, -0.15) is 5.10 Å². The van der Waals surface area contributed by atoms with E-state index in [9.17, 15) is 4.79 Å². The molecule has 1 fully saturated rings. The fourth-order valence-corrected chi connectivity index (χ4v) is 3.02. The molecule has 2 aromatic rings. The Morgan fingerprint density at radius 2 is 1.88 bits per heavy atom. The van der Waals surface area contributed by atoms with Gasteiger partial charge in [0.1, 0.15) is 0 Å². The molecule has 7 heteroatoms. The van der Waals surface area contributed by atoms with Crippen LogP contribution in [-0.2, 0) is 0 Å². The van der Waals surface area contributed by atoms with Crippen LogP contribution in [-0.4, -0.2) is 41.4 Å². The Hall–Kier alpha value is -2.67. The van der Waals surface area contributed by atoms with Gasteiger partial charge >= 0.3 is 6.03 Å². The van der Waals surface area contributed by atoms with E-state index in [4.69, 9.17) is 5.73 Å². The maximum atomic E-state index is 12.3. The summed E-state index contributed by atoms with van der Waals surface area (Å²) in [6, 6.07) is 11.2. The molecule has 4 N–H and O–H groups in total. The molecule has 7 nitrogen and oxygen atoms in total. The number of aryl methyl sites for hydroxylation is 1. The summed E-state index contributed by atoms with van der Waals surface area (Å²) < 4.78 is 0. The molecule has 2 atom stereocenters. The summed E-state index contributed by atoms with van der Waals surface area (Å²) in [7, 11) is 0. The van der Waals surface area contributed by atoms with Crippen molar-refractivity contribution in [3.8, 4) is 0 Å². The fraction of sp³-hybridized carbons (Fsp3) is 0.421. The van der Waals surface area contributed by atoms with E-state index in [-0.39, 0.29) is 18.1 Å². The number of nitrogens with zero attached hydrogens (tertiary/aromatic N) is 3. The third-order valence-corrected chi connectivity index (χ3v) is 4.62. The molecule has 0 radical (unpaired) electrons. The molecule has 3 rings (SSSR count). The van der Waals surface area contributed by atoms with Gasteiger partial charge in [0.25, 0.3) is 0 Å². The molecule has 0 saturated carbocycles. The second kappa shape index (κ2) is 7.70. The van der Waals surface area contributed by atoms with Crippen molar-refractivity contribution in [2.75, 3.05) is 23.3 Å². The molecule has 1 aromatic heterocycles. The van der Waals surface area contributed by atoms with Crippen LogP contribution in [0.25, 0.3) is 0 Å². The van der Waals surface area contributed by atoms with E-state index in [0.717, 1.165) is 17.2 Å². The van der Waals surface area contributed by atoms with Crippen LogP contribution in [0, 0.1) is 6.92 Å². The van der Waals surface area contributed by atoms with Crippen LogP contribution in [0.2, 0.25) is 0 Å². The highest BCUT2D eigenvalue weighted by atomic mass is 16.2. The van der Waals surface area contributed by atoms with E-state index in [1.165, 1.54) is 5.56 Å². The number of hydrogen-bond acceptors (Lipinski definition) is 5. The van der Waals surface area contributed by atoms with Crippen LogP contribution in [0.5, 0.6) is 0 Å². The number of amides is 2. The summed E-state index contributed by atoms with van der Waals surface area (Å²) in [4.78, 5) is 14.3. The minimum absolute atomic E-state index is 0.145. The molecule has 138 valence electrons. The molecule has 0 bridgehead atoms. The lowest BCUT2D eigenvalue weighted by molar-refractivity contribution is 0.248. The number of carbonyl (C=O) groups is 1. The normalized spacial score (nSPS) is 19.7. The summed E-state index contributed by atoms with van der Waals surface area (Å²) in [6.07, 6.45) is 0. The van der Waals surface area contributed by atoms with Gasteiger partial charge < -0.3 is 21.3 Å². The lowest BCUT2D eigenvalue weighted by atomic mass is 10.0. The minimum Gasteiger partial charge on any atom is -0.351 e. The quantitative estimate of drug-likeness (QED) is 0.782. The molecular weight excluding hydrogens is 328 g/mol. The zero-order valence-electron chi connectivity index (χ0n) is 15.4. The van der Waals surface area contributed by atoms with Gasteiger partial charge in [0.2, 0.25) is 0 Å². The average Bonchev–Trinajstić information content (AvgIpc) is 2.96. The van der Waals surface area contributed by atoms with Gasteiger partial charge in [-0.15, -0.1) is 5.10 Å². The predicted octanol–water partition coefficient (Wildman–Crippen LogP) is 2.25. The molecule has 0 unspecified atom stereocenters. The maximum absolute atomic E-state index is 12.3. The molecule has 0 aliphatic carbocycles. The molecule has 1 saturated heterocycles. The van der Waals surface area contributed by atoms with E-state index < -0.39 is 0 Å². The summed E-state index contributed by atoms with van der Waals surface area (Å²) in [5.41, 5.74) is 9.07. The van der Waals surface area contributed by atoms with Crippen molar-refractivity contribution in [2.24, 2.45) is 5.73 Å². The molecule has 2 heterocycles. The Bertz CT molecular complexity index is 744. The van der Waals surface area contributed by atoms with E-state index in [0.29, 0.717) is 19.0 Å². The zero-order valence-corrected chi connectivity index (χ0v) is 15.4. The Morgan fingerprint density at radius 1 is 1.15 bits per heavy atom. The number of carbonyl (C=O) groups excluding carboxylic acids is 1. The van der Waals surface area contributed by atoms with Crippen molar-refractivity contribution >= 4 is 17.5 Å². The SMILES string of the molecule is Cc1ccc(N2C[C@@H](N)[C@@H](NC(=O)Nc3ccc(C(C)C)cc3)C2)nn1. The van der Waals surface area contributed by atoms with Crippen molar-refractivity contribution in [1.29, 1.82) is 0 Å². The van der Waals surface area contributed by atoms with Crippen molar-refractivity contribution in [2.45, 2.75) is 38.8 Å². The average molecular weight is 354 g/mol. The standard InChI is InChI=1S/C19H26N6O/c1-12(2)14-5-7-15(8-6-14)21-19(26)22-17-11-25(10-16(17)20)18-9-4-13(3)23-24-18/h4-9,12,16-17H,10-11,20H2,1-3H3,(H2,21,22,26)/t16-,17+/m1/s1. The van der Waals surface area contributed by atoms with E-state index >= 15 is 0 Å². The van der Waals surface area contributed by atoms with Crippen LogP contribution in [0.3, 0.4) is 0 Å². The highest BCUT2D eigenvalue weighted by molar-refractivity contribution is 5.89. The number of nitrogens with one attached hydrogen (secondary N) is 2. The highest BCUT2D eigenvalue weighted by Gasteiger charge is 2.32. The lowest BCUT2D eigenvalue weighted by Crippen LogP contribution is -2.48. The predicted molar refractivity (Wildman–Crippen MR) is 103 cm³/mol. The van der Waals surface area contributed by atoms with Gasteiger partial charge in [-0.3, -0.25) is 0 Å². The molecule has 1 aliphatic rings. The zero-order chi connectivity index (χ0) is 18.7. The molecule has 26 heavy (non-hydrogen) atoms. The first-order valence-electron chi connectivity index (χ1n) is 8.90. The van der Waals surface area contributed by atoms with Gasteiger partial charge in [-0.1, -0.05) is 26.0 Å². The van der Waals surface area contributed by atoms with Gasteiger partial charge in [0, 0.05) is 24.8 Å². The third kappa shape index (κ3) is 4.29. The van der Waals surface area contributed by atoms with Crippen molar-refractivity contribution in [3.63, 3.8) is 0 Å². The molecule has 1 aromatic carbocycles. The Labute approximate surface area is 154 Å². The van der Waals surface area contributed by atoms with E-state index in [1.807, 2.05) is 48.2 Å². The second-order valence-electron chi connectivity index (χ2n) is 7.08. The summed E-state index contributed by atoms with van der Waals surface area (Å²) in [6.45, 7) is 7.42. The topological polar surface area (TPSA) is 96.2 Å². The Balaban J connectivity index is 1.56. The van der Waals surface area contributed by atoms with Gasteiger partial charge in [-0.05, 0) is 42.7 Å². The summed E-state index contributed by atoms with van der Waals surface area (Å²) in [5, 5.41) is 14.1. The fourth-order valence-electron chi connectivity index (χ4n) is 3.02. The number of rotatable bonds is 4. The number of benzene rings is 1. The largest absolute Gasteiger partial charge is 0.351 e. The van der Waals surface area contributed by atoms with Gasteiger partial charge in [0.15, 0.2) is 5.82 Å². The summed E-state index contributed by atoms with van der Waals surface area (Å²) >= 11 is 0. The first kappa shape index (κ1) is 18.1. The highest BCUT2D eigenvalue weighted by Crippen LogP contribution is 2.18. The first-order chi connectivity index (χ1) is 12.4. The number of urea groups is 1. The number of hydrogen-bond donors (Lipinski definition) is 3. The molecular formula is C19H26N6O. The number of aromatic nitrogens is 2. The van der Waals surface area contributed by atoms with Crippen LogP contribution >= 0.6 is 0 Å². The maximum Gasteiger partial charge on any atom is 0.319 e. The van der Waals surface area contributed by atoms with Gasteiger partial charge in [0.05, 0.1) is 11.7 Å². The minimum atomic E-state index is -0.250. The Morgan fingerprint density at radius 3 is 2.50 bits per heavy atom. The molecule has 2 amide bonds. The Kier molecular flexibility index (Phi) is 5.37. The summed E-state index contributed by atoms with van der Waals surface area (Å²) in [5.74, 6) is 1.24. The lowest BCUT2D eigenvalue weighted by Gasteiger charge is -2.18. The van der Waals surface area contributed by atoms with Crippen LogP contribution in [0.1, 0.15) is 31.0 Å². The van der Waals surface area contributed by atoms with Crippen molar-refractivity contribution in [3.05, 3.63) is 47.7 Å². The third-order valence-electron chi connectivity index (χ3n) is 4.62. The number of anilines is 2.